The number of fused-ring (bicyclic) bond motifs is 2. The number of alkyl halides is 3. The lowest BCUT2D eigenvalue weighted by Crippen LogP contribution is -2.38. The summed E-state index contributed by atoms with van der Waals surface area (Å²) in [6.45, 7) is 1.57. The molecule has 29 heavy (non-hydrogen) atoms. The van der Waals surface area contributed by atoms with Crippen molar-refractivity contribution < 1.29 is 22.5 Å². The molecule has 2 aliphatic carbocycles. The maximum atomic E-state index is 12.4. The fourth-order valence-corrected chi connectivity index (χ4v) is 5.03. The minimum Gasteiger partial charge on any atom is -0.593 e. The highest BCUT2D eigenvalue weighted by molar-refractivity contribution is 7.90. The van der Waals surface area contributed by atoms with E-state index in [1.807, 2.05) is 0 Å². The fourth-order valence-electron chi connectivity index (χ4n) is 4.11. The number of aryl methyl sites for hydroxylation is 2. The van der Waals surface area contributed by atoms with Crippen LogP contribution in [0.25, 0.3) is 0 Å². The van der Waals surface area contributed by atoms with Crippen molar-refractivity contribution in [1.29, 1.82) is 0 Å². The van der Waals surface area contributed by atoms with Crippen LogP contribution in [0.2, 0.25) is 0 Å². The highest BCUT2D eigenvalue weighted by Gasteiger charge is 2.27. The normalized spacial score (nSPS) is 17.6. The summed E-state index contributed by atoms with van der Waals surface area (Å²) in [6.07, 6.45) is 1.44. The molecule has 0 bridgehead atoms. The van der Waals surface area contributed by atoms with Crippen molar-refractivity contribution in [3.05, 3.63) is 28.3 Å². The summed E-state index contributed by atoms with van der Waals surface area (Å²) in [5.74, 6) is 0.179. The molecule has 0 radical (unpaired) electrons. The molecule has 2 unspecified atom stereocenters. The van der Waals surface area contributed by atoms with Crippen molar-refractivity contribution in [1.82, 2.24) is 10.0 Å². The van der Waals surface area contributed by atoms with Gasteiger partial charge in [0.1, 0.15) is 5.75 Å². The van der Waals surface area contributed by atoms with Gasteiger partial charge in [0.05, 0.1) is 17.8 Å². The summed E-state index contributed by atoms with van der Waals surface area (Å²) in [5, 5.41) is 5.69. The lowest BCUT2D eigenvalue weighted by Gasteiger charge is -2.18. The number of amides is 2. The van der Waals surface area contributed by atoms with E-state index < -0.39 is 30.0 Å². The number of anilines is 1. The minimum absolute atomic E-state index is 0.171. The molecule has 9 heteroatoms. The Bertz CT molecular complexity index is 710. The molecule has 162 valence electrons. The van der Waals surface area contributed by atoms with Crippen LogP contribution in [0.1, 0.15) is 54.9 Å². The number of halogens is 3. The Balaban J connectivity index is 1.47. The van der Waals surface area contributed by atoms with E-state index in [1.54, 1.807) is 6.92 Å². The van der Waals surface area contributed by atoms with Crippen molar-refractivity contribution in [2.75, 3.05) is 17.6 Å². The van der Waals surface area contributed by atoms with Crippen molar-refractivity contribution in [2.45, 2.75) is 70.5 Å². The molecule has 2 amide bonds. The van der Waals surface area contributed by atoms with Gasteiger partial charge in [0.25, 0.3) is 0 Å². The van der Waals surface area contributed by atoms with Gasteiger partial charge in [0.15, 0.2) is 0 Å². The Morgan fingerprint density at radius 1 is 1.17 bits per heavy atom. The number of benzene rings is 1. The predicted octanol–water partition coefficient (Wildman–Crippen LogP) is 3.77. The van der Waals surface area contributed by atoms with Crippen LogP contribution in [-0.4, -0.2) is 35.1 Å². The van der Waals surface area contributed by atoms with Gasteiger partial charge in [-0.3, -0.25) is 0 Å². The second-order valence-corrected chi connectivity index (χ2v) is 9.15. The van der Waals surface area contributed by atoms with Crippen LogP contribution in [0, 0.1) is 0 Å². The minimum atomic E-state index is -4.19. The number of urea groups is 1. The largest absolute Gasteiger partial charge is 0.593 e. The monoisotopic (exact) mass is 431 g/mol. The number of hydrogen-bond donors (Lipinski definition) is 3. The highest BCUT2D eigenvalue weighted by atomic mass is 32.2. The van der Waals surface area contributed by atoms with Gasteiger partial charge in [0.2, 0.25) is 0 Å². The zero-order chi connectivity index (χ0) is 21.0. The van der Waals surface area contributed by atoms with E-state index in [2.05, 4.69) is 21.4 Å². The van der Waals surface area contributed by atoms with Crippen molar-refractivity contribution in [3.63, 3.8) is 0 Å². The molecule has 0 spiro atoms. The molecule has 3 N–H and O–H groups in total. The summed E-state index contributed by atoms with van der Waals surface area (Å²) in [5.41, 5.74) is 5.91. The molecule has 0 fully saturated rings. The van der Waals surface area contributed by atoms with E-state index in [1.165, 1.54) is 22.3 Å². The molecule has 3 rings (SSSR count). The van der Waals surface area contributed by atoms with Crippen molar-refractivity contribution in [3.8, 4) is 0 Å². The number of rotatable bonds is 8. The molecule has 0 aromatic heterocycles. The topological polar surface area (TPSA) is 76.2 Å². The zero-order valence-electron chi connectivity index (χ0n) is 16.6. The maximum absolute atomic E-state index is 12.4. The zero-order valence-corrected chi connectivity index (χ0v) is 17.4. The molecule has 2 atom stereocenters. The van der Waals surface area contributed by atoms with E-state index >= 15 is 0 Å². The van der Waals surface area contributed by atoms with Crippen LogP contribution >= 0.6 is 0 Å². The number of nitrogens with one attached hydrogen (secondary N) is 3. The molecule has 2 aliphatic rings. The smallest absolute Gasteiger partial charge is 0.390 e. The maximum Gasteiger partial charge on any atom is 0.390 e. The molecule has 0 heterocycles. The van der Waals surface area contributed by atoms with Crippen LogP contribution in [-0.2, 0) is 37.0 Å². The van der Waals surface area contributed by atoms with Crippen LogP contribution in [0.4, 0.5) is 23.7 Å². The quantitative estimate of drug-likeness (QED) is 0.549. The Morgan fingerprint density at radius 2 is 1.79 bits per heavy atom. The van der Waals surface area contributed by atoms with E-state index in [4.69, 9.17) is 0 Å². The van der Waals surface area contributed by atoms with Gasteiger partial charge >= 0.3 is 12.2 Å². The first kappa shape index (κ1) is 22.2. The second-order valence-electron chi connectivity index (χ2n) is 7.85. The Labute approximate surface area is 172 Å². The average Bonchev–Trinajstić information content (AvgIpc) is 3.27. The van der Waals surface area contributed by atoms with Gasteiger partial charge in [0, 0.05) is 24.7 Å². The molecule has 5 nitrogen and oxygen atoms in total. The number of hydrogen-bond acceptors (Lipinski definition) is 3. The SMILES string of the molecule is CC(CC[S+]([O-])NC(=O)Nc1c2c(cc3c1CCC3)CCC2)NCCC(F)(F)F. The van der Waals surface area contributed by atoms with Gasteiger partial charge in [-0.05, 0) is 67.7 Å². The van der Waals surface area contributed by atoms with Crippen LogP contribution in [0.15, 0.2) is 6.07 Å². The molecular formula is C20H28F3N3O2S. The third-order valence-corrected chi connectivity index (χ3v) is 6.58. The molecule has 1 aromatic carbocycles. The van der Waals surface area contributed by atoms with E-state index in [-0.39, 0.29) is 18.3 Å². The summed E-state index contributed by atoms with van der Waals surface area (Å²) in [7, 11) is 0. The van der Waals surface area contributed by atoms with Crippen LogP contribution in [0.3, 0.4) is 0 Å². The summed E-state index contributed by atoms with van der Waals surface area (Å²) >= 11 is -1.59. The van der Waals surface area contributed by atoms with Gasteiger partial charge in [-0.2, -0.15) is 17.9 Å². The third kappa shape index (κ3) is 6.26. The predicted molar refractivity (Wildman–Crippen MR) is 108 cm³/mol. The standard InChI is InChI=1S/C20H28F3N3O2S/c1-13(24-10-9-20(21,22)23)8-11-29(28)26-19(27)25-18-16-6-2-4-14(16)12-15-5-3-7-17(15)18/h12-13,24H,2-11H2,1H3,(H2,25,26,27). The third-order valence-electron chi connectivity index (χ3n) is 5.56. The van der Waals surface area contributed by atoms with Gasteiger partial charge in [-0.1, -0.05) is 6.07 Å². The molecule has 0 saturated carbocycles. The lowest BCUT2D eigenvalue weighted by molar-refractivity contribution is -0.133. The fraction of sp³-hybridized carbons (Fsp3) is 0.650. The lowest BCUT2D eigenvalue weighted by atomic mass is 9.99. The summed E-state index contributed by atoms with van der Waals surface area (Å²) in [4.78, 5) is 12.4. The first-order valence-corrected chi connectivity index (χ1v) is 11.5. The van der Waals surface area contributed by atoms with Crippen molar-refractivity contribution >= 4 is 23.1 Å². The van der Waals surface area contributed by atoms with Crippen LogP contribution < -0.4 is 15.4 Å². The molecule has 0 saturated heterocycles. The first-order chi connectivity index (χ1) is 13.7. The van der Waals surface area contributed by atoms with Gasteiger partial charge in [-0.15, -0.1) is 0 Å². The van der Waals surface area contributed by atoms with Crippen LogP contribution in [0.5, 0.6) is 0 Å². The average molecular weight is 432 g/mol. The van der Waals surface area contributed by atoms with E-state index in [0.717, 1.165) is 44.2 Å². The van der Waals surface area contributed by atoms with Gasteiger partial charge < -0.3 is 15.2 Å². The Morgan fingerprint density at radius 3 is 2.38 bits per heavy atom. The molecule has 0 aliphatic heterocycles. The summed E-state index contributed by atoms with van der Waals surface area (Å²) in [6, 6.07) is 1.57. The number of carbonyl (C=O) groups is 1. The second kappa shape index (κ2) is 9.57. The summed E-state index contributed by atoms with van der Waals surface area (Å²) < 4.78 is 51.1. The first-order valence-electron chi connectivity index (χ1n) is 10.2. The van der Waals surface area contributed by atoms with E-state index in [9.17, 15) is 22.5 Å². The Hall–Kier alpha value is -1.45. The Kier molecular flexibility index (Phi) is 7.34. The van der Waals surface area contributed by atoms with Crippen molar-refractivity contribution in [2.24, 2.45) is 0 Å². The molecular weight excluding hydrogens is 403 g/mol. The number of carbonyl (C=O) groups excluding carboxylic acids is 1. The molecule has 1 aromatic rings. The van der Waals surface area contributed by atoms with E-state index in [0.29, 0.717) is 6.42 Å². The highest BCUT2D eigenvalue weighted by Crippen LogP contribution is 2.38. The van der Waals surface area contributed by atoms with Gasteiger partial charge in [-0.25, -0.2) is 4.79 Å².